The van der Waals surface area contributed by atoms with Crippen LogP contribution in [0.4, 0.5) is 5.82 Å². The first kappa shape index (κ1) is 14.8. The Hall–Kier alpha value is -2.13. The summed E-state index contributed by atoms with van der Waals surface area (Å²) in [5, 5.41) is 4.09. The number of aromatic nitrogens is 2. The Bertz CT molecular complexity index is 808. The number of anilines is 1. The number of pyridine rings is 2. The summed E-state index contributed by atoms with van der Waals surface area (Å²) >= 11 is 6.67. The van der Waals surface area contributed by atoms with Gasteiger partial charge >= 0.3 is 0 Å². The van der Waals surface area contributed by atoms with Gasteiger partial charge in [-0.2, -0.15) is 0 Å². The van der Waals surface area contributed by atoms with Crippen molar-refractivity contribution in [2.45, 2.75) is 26.3 Å². The highest BCUT2D eigenvalue weighted by Crippen LogP contribution is 2.38. The molecule has 0 saturated carbocycles. The van der Waals surface area contributed by atoms with Crippen LogP contribution in [0.15, 0.2) is 48.7 Å². The Labute approximate surface area is 135 Å². The van der Waals surface area contributed by atoms with E-state index in [1.165, 1.54) is 0 Å². The third kappa shape index (κ3) is 2.90. The Morgan fingerprint density at radius 1 is 1.00 bits per heavy atom. The fourth-order valence-corrected chi connectivity index (χ4v) is 2.71. The van der Waals surface area contributed by atoms with Crippen LogP contribution in [0.3, 0.4) is 0 Å². The summed E-state index contributed by atoms with van der Waals surface area (Å²) in [6.45, 7) is 6.31. The van der Waals surface area contributed by atoms with E-state index in [0.29, 0.717) is 5.02 Å². The van der Waals surface area contributed by atoms with Crippen LogP contribution >= 0.6 is 11.6 Å². The summed E-state index contributed by atoms with van der Waals surface area (Å²) in [6.07, 6.45) is 1.74. The molecular weight excluding hydrogens is 294 g/mol. The van der Waals surface area contributed by atoms with Gasteiger partial charge in [0.2, 0.25) is 0 Å². The van der Waals surface area contributed by atoms with E-state index in [0.717, 1.165) is 28.0 Å². The van der Waals surface area contributed by atoms with Gasteiger partial charge in [-0.25, -0.2) is 4.98 Å². The number of nitrogens with zero attached hydrogens (tertiary/aromatic N) is 2. The molecule has 3 aromatic rings. The summed E-state index contributed by atoms with van der Waals surface area (Å²) in [4.78, 5) is 9.12. The van der Waals surface area contributed by atoms with E-state index < -0.39 is 0 Å². The van der Waals surface area contributed by atoms with Crippen molar-refractivity contribution in [2.24, 2.45) is 0 Å². The molecule has 3 nitrogen and oxygen atoms in total. The highest BCUT2D eigenvalue weighted by atomic mass is 35.5. The van der Waals surface area contributed by atoms with E-state index >= 15 is 0 Å². The molecule has 2 aromatic heterocycles. The van der Waals surface area contributed by atoms with Crippen molar-refractivity contribution >= 4 is 28.5 Å². The van der Waals surface area contributed by atoms with Gasteiger partial charge in [0, 0.05) is 17.3 Å². The highest BCUT2D eigenvalue weighted by Gasteiger charge is 2.19. The van der Waals surface area contributed by atoms with Crippen molar-refractivity contribution in [3.05, 3.63) is 53.7 Å². The Kier molecular flexibility index (Phi) is 3.75. The van der Waals surface area contributed by atoms with E-state index in [9.17, 15) is 0 Å². The number of hydrogen-bond acceptors (Lipinski definition) is 3. The second-order valence-corrected chi connectivity index (χ2v) is 6.64. The second kappa shape index (κ2) is 5.58. The first-order valence-electron chi connectivity index (χ1n) is 7.23. The molecule has 0 bridgehead atoms. The molecule has 1 aromatic carbocycles. The minimum Gasteiger partial charge on any atom is -0.365 e. The van der Waals surface area contributed by atoms with Crippen molar-refractivity contribution in [3.63, 3.8) is 0 Å². The number of fused-ring (bicyclic) bond motifs is 1. The second-order valence-electron chi connectivity index (χ2n) is 6.26. The maximum Gasteiger partial charge on any atom is 0.136 e. The van der Waals surface area contributed by atoms with E-state index in [4.69, 9.17) is 16.6 Å². The maximum atomic E-state index is 6.67. The average molecular weight is 312 g/mol. The number of nitrogens with one attached hydrogen (secondary N) is 1. The molecule has 0 radical (unpaired) electrons. The van der Waals surface area contributed by atoms with Crippen molar-refractivity contribution in [2.75, 3.05) is 5.32 Å². The topological polar surface area (TPSA) is 37.8 Å². The smallest absolute Gasteiger partial charge is 0.136 e. The lowest BCUT2D eigenvalue weighted by Crippen LogP contribution is -2.27. The van der Waals surface area contributed by atoms with Crippen molar-refractivity contribution in [3.8, 4) is 11.1 Å². The van der Waals surface area contributed by atoms with Gasteiger partial charge in [-0.3, -0.25) is 4.98 Å². The molecule has 4 heteroatoms. The first-order chi connectivity index (χ1) is 10.5. The van der Waals surface area contributed by atoms with Gasteiger partial charge in [-0.05, 0) is 38.5 Å². The molecule has 112 valence electrons. The van der Waals surface area contributed by atoms with Gasteiger partial charge in [0.15, 0.2) is 0 Å². The van der Waals surface area contributed by atoms with Gasteiger partial charge in [-0.15, -0.1) is 0 Å². The minimum atomic E-state index is -0.115. The summed E-state index contributed by atoms with van der Waals surface area (Å²) in [5.74, 6) is 0.782. The monoisotopic (exact) mass is 311 g/mol. The highest BCUT2D eigenvalue weighted by molar-refractivity contribution is 6.38. The van der Waals surface area contributed by atoms with Gasteiger partial charge in [0.05, 0.1) is 10.5 Å². The SMILES string of the molecule is CC(C)(C)Nc1nc2cccnc2c(Cl)c1-c1ccccc1. The Morgan fingerprint density at radius 2 is 1.73 bits per heavy atom. The van der Waals surface area contributed by atoms with Gasteiger partial charge in [-0.1, -0.05) is 41.9 Å². The van der Waals surface area contributed by atoms with E-state index in [-0.39, 0.29) is 5.54 Å². The quantitative estimate of drug-likeness (QED) is 0.710. The third-order valence-corrected chi connectivity index (χ3v) is 3.61. The average Bonchev–Trinajstić information content (AvgIpc) is 2.47. The number of rotatable bonds is 2. The van der Waals surface area contributed by atoms with Crippen LogP contribution in [0.2, 0.25) is 5.02 Å². The van der Waals surface area contributed by atoms with Crippen LogP contribution in [0.25, 0.3) is 22.2 Å². The molecule has 0 aliphatic carbocycles. The standard InChI is InChI=1S/C18H18ClN3/c1-18(2,3)22-17-14(12-8-5-4-6-9-12)15(19)16-13(21-17)10-7-11-20-16/h4-11H,1-3H3,(H,21,22). The normalized spacial score (nSPS) is 11.6. The maximum absolute atomic E-state index is 6.67. The van der Waals surface area contributed by atoms with E-state index in [2.05, 4.69) is 31.1 Å². The minimum absolute atomic E-state index is 0.115. The predicted molar refractivity (Wildman–Crippen MR) is 93.4 cm³/mol. The fourth-order valence-electron chi connectivity index (χ4n) is 2.37. The predicted octanol–water partition coefficient (Wildman–Crippen LogP) is 5.16. The van der Waals surface area contributed by atoms with Crippen LogP contribution in [-0.4, -0.2) is 15.5 Å². The van der Waals surface area contributed by atoms with Gasteiger partial charge < -0.3 is 5.32 Å². The van der Waals surface area contributed by atoms with Crippen LogP contribution < -0.4 is 5.32 Å². The van der Waals surface area contributed by atoms with E-state index in [1.807, 2.05) is 42.5 Å². The molecule has 0 fully saturated rings. The number of hydrogen-bond donors (Lipinski definition) is 1. The molecule has 0 aliphatic heterocycles. The summed E-state index contributed by atoms with van der Waals surface area (Å²) < 4.78 is 0. The number of halogens is 1. The molecule has 22 heavy (non-hydrogen) atoms. The fraction of sp³-hybridized carbons (Fsp3) is 0.222. The Morgan fingerprint density at radius 3 is 2.41 bits per heavy atom. The zero-order valence-electron chi connectivity index (χ0n) is 12.9. The molecule has 0 unspecified atom stereocenters. The molecule has 0 saturated heterocycles. The van der Waals surface area contributed by atoms with Crippen molar-refractivity contribution in [1.29, 1.82) is 0 Å². The lowest BCUT2D eigenvalue weighted by atomic mass is 10.0. The zero-order chi connectivity index (χ0) is 15.7. The summed E-state index contributed by atoms with van der Waals surface area (Å²) in [7, 11) is 0. The molecule has 0 atom stereocenters. The van der Waals surface area contributed by atoms with Crippen LogP contribution in [0.5, 0.6) is 0 Å². The zero-order valence-corrected chi connectivity index (χ0v) is 13.6. The molecular formula is C18H18ClN3. The molecule has 2 heterocycles. The largest absolute Gasteiger partial charge is 0.365 e. The lowest BCUT2D eigenvalue weighted by Gasteiger charge is -2.24. The molecule has 0 amide bonds. The molecule has 3 rings (SSSR count). The third-order valence-electron chi connectivity index (χ3n) is 3.24. The van der Waals surface area contributed by atoms with E-state index in [1.54, 1.807) is 6.20 Å². The lowest BCUT2D eigenvalue weighted by molar-refractivity contribution is 0.631. The molecule has 0 spiro atoms. The summed E-state index contributed by atoms with van der Waals surface area (Å²) in [5.41, 5.74) is 3.32. The summed E-state index contributed by atoms with van der Waals surface area (Å²) in [6, 6.07) is 13.8. The van der Waals surface area contributed by atoms with Gasteiger partial charge in [0.1, 0.15) is 11.3 Å². The Balaban J connectivity index is 2.31. The van der Waals surface area contributed by atoms with Crippen molar-refractivity contribution in [1.82, 2.24) is 9.97 Å². The van der Waals surface area contributed by atoms with Crippen LogP contribution in [-0.2, 0) is 0 Å². The molecule has 1 N–H and O–H groups in total. The van der Waals surface area contributed by atoms with Gasteiger partial charge in [0.25, 0.3) is 0 Å². The molecule has 0 aliphatic rings. The van der Waals surface area contributed by atoms with Crippen LogP contribution in [0, 0.1) is 0 Å². The first-order valence-corrected chi connectivity index (χ1v) is 7.61. The van der Waals surface area contributed by atoms with Crippen molar-refractivity contribution < 1.29 is 0 Å². The number of benzene rings is 1. The van der Waals surface area contributed by atoms with Crippen LogP contribution in [0.1, 0.15) is 20.8 Å².